The van der Waals surface area contributed by atoms with Crippen LogP contribution >= 0.6 is 0 Å². The Hall–Kier alpha value is -1.51. The van der Waals surface area contributed by atoms with Crippen molar-refractivity contribution in [2.75, 3.05) is 0 Å². The van der Waals surface area contributed by atoms with Crippen LogP contribution in [0.2, 0.25) is 0 Å². The van der Waals surface area contributed by atoms with E-state index in [4.69, 9.17) is 5.53 Å². The van der Waals surface area contributed by atoms with Crippen molar-refractivity contribution in [1.29, 1.82) is 0 Å². The van der Waals surface area contributed by atoms with Crippen molar-refractivity contribution in [2.24, 2.45) is 22.9 Å². The third-order valence-electron chi connectivity index (χ3n) is 5.78. The molecular weight excluding hydrogens is 262 g/mol. The Morgan fingerprint density at radius 2 is 2.05 bits per heavy atom. The van der Waals surface area contributed by atoms with Crippen molar-refractivity contribution < 1.29 is 5.11 Å². The van der Waals surface area contributed by atoms with Crippen LogP contribution in [-0.4, -0.2) is 16.2 Å². The molecule has 1 aromatic rings. The Bertz CT molecular complexity index is 597. The molecule has 1 radical (unpaired) electrons. The number of nitrogens with zero attached hydrogens (tertiary/aromatic N) is 3. The average Bonchev–Trinajstić information content (AvgIpc) is 2.43. The van der Waals surface area contributed by atoms with E-state index < -0.39 is 5.60 Å². The molecule has 0 amide bonds. The standard InChI is InChI=1S/C17H20N3O/c18-20-19-16-8-13-6-14(10-16)15(17(21,9-13)11-16)7-12-4-2-1-3-5-12/h1-5,7,13-15,21H,6,8-11H2/t13-,14+,15-,16+,17+/m0/s1. The first kappa shape index (κ1) is 13.2. The van der Waals surface area contributed by atoms with Crippen molar-refractivity contribution in [3.63, 3.8) is 0 Å². The molecule has 4 fully saturated rings. The van der Waals surface area contributed by atoms with Gasteiger partial charge in [0.2, 0.25) is 0 Å². The van der Waals surface area contributed by atoms with Gasteiger partial charge in [-0.2, -0.15) is 0 Å². The first-order valence-electron chi connectivity index (χ1n) is 7.81. The van der Waals surface area contributed by atoms with E-state index in [1.54, 1.807) is 0 Å². The summed E-state index contributed by atoms with van der Waals surface area (Å²) in [4.78, 5) is 3.07. The van der Waals surface area contributed by atoms with Crippen molar-refractivity contribution >= 4 is 0 Å². The van der Waals surface area contributed by atoms with E-state index in [1.807, 2.05) is 18.2 Å². The van der Waals surface area contributed by atoms with Crippen LogP contribution in [-0.2, 0) is 0 Å². The maximum absolute atomic E-state index is 11.2. The van der Waals surface area contributed by atoms with Crippen LogP contribution in [0.15, 0.2) is 35.4 Å². The highest BCUT2D eigenvalue weighted by Crippen LogP contribution is 2.62. The van der Waals surface area contributed by atoms with Crippen LogP contribution in [0.5, 0.6) is 0 Å². The SMILES string of the molecule is [N-]=[N+]=N[C@]12C[C@@H]3C[C@H](C1)[C@H]([CH]c1ccccc1)[C@@](O)(C3)C2. The first-order valence-corrected chi connectivity index (χ1v) is 7.81. The number of benzene rings is 1. The summed E-state index contributed by atoms with van der Waals surface area (Å²) in [5.74, 6) is 1.16. The summed E-state index contributed by atoms with van der Waals surface area (Å²) in [5, 5.41) is 15.3. The molecule has 4 bridgehead atoms. The highest BCUT2D eigenvalue weighted by molar-refractivity contribution is 5.29. The van der Waals surface area contributed by atoms with Gasteiger partial charge in [-0.25, -0.2) is 0 Å². The Morgan fingerprint density at radius 3 is 2.76 bits per heavy atom. The molecule has 0 saturated heterocycles. The van der Waals surface area contributed by atoms with E-state index in [0.717, 1.165) is 19.3 Å². The quantitative estimate of drug-likeness (QED) is 0.510. The normalized spacial score (nSPS) is 43.6. The third kappa shape index (κ3) is 2.05. The van der Waals surface area contributed by atoms with Gasteiger partial charge in [-0.1, -0.05) is 35.4 Å². The molecule has 5 atom stereocenters. The van der Waals surface area contributed by atoms with E-state index in [1.165, 1.54) is 12.0 Å². The Balaban J connectivity index is 1.65. The summed E-state index contributed by atoms with van der Waals surface area (Å²) >= 11 is 0. The van der Waals surface area contributed by atoms with Gasteiger partial charge >= 0.3 is 0 Å². The minimum Gasteiger partial charge on any atom is -0.390 e. The molecule has 1 aromatic carbocycles. The second kappa shape index (κ2) is 4.49. The number of hydrogen-bond donors (Lipinski definition) is 1. The third-order valence-corrected chi connectivity index (χ3v) is 5.78. The highest BCUT2D eigenvalue weighted by Gasteiger charge is 2.61. The molecular formula is C17H20N3O. The van der Waals surface area contributed by atoms with Crippen LogP contribution in [0.4, 0.5) is 0 Å². The molecule has 4 aliphatic carbocycles. The smallest absolute Gasteiger partial charge is 0.0693 e. The molecule has 0 spiro atoms. The maximum Gasteiger partial charge on any atom is 0.0693 e. The summed E-state index contributed by atoms with van der Waals surface area (Å²) < 4.78 is 0. The van der Waals surface area contributed by atoms with E-state index in [0.29, 0.717) is 18.3 Å². The van der Waals surface area contributed by atoms with Gasteiger partial charge in [0.25, 0.3) is 0 Å². The van der Waals surface area contributed by atoms with Gasteiger partial charge in [-0.3, -0.25) is 0 Å². The molecule has 0 aromatic heterocycles. The lowest BCUT2D eigenvalue weighted by Crippen LogP contribution is -2.63. The zero-order valence-electron chi connectivity index (χ0n) is 12.0. The van der Waals surface area contributed by atoms with Gasteiger partial charge in [-0.05, 0) is 67.4 Å². The van der Waals surface area contributed by atoms with Crippen molar-refractivity contribution in [3.8, 4) is 0 Å². The molecule has 109 valence electrons. The van der Waals surface area contributed by atoms with Crippen molar-refractivity contribution in [1.82, 2.24) is 0 Å². The molecule has 4 aliphatic rings. The van der Waals surface area contributed by atoms with Crippen LogP contribution in [0, 0.1) is 24.2 Å². The summed E-state index contributed by atoms with van der Waals surface area (Å²) in [6, 6.07) is 10.3. The van der Waals surface area contributed by atoms with Gasteiger partial charge in [0.1, 0.15) is 0 Å². The number of rotatable bonds is 3. The molecule has 4 saturated carbocycles. The van der Waals surface area contributed by atoms with Gasteiger partial charge < -0.3 is 5.11 Å². The molecule has 0 aliphatic heterocycles. The number of azide groups is 1. The second-order valence-corrected chi connectivity index (χ2v) is 7.27. The van der Waals surface area contributed by atoms with E-state index in [2.05, 4.69) is 28.6 Å². The zero-order chi connectivity index (χ0) is 14.5. The molecule has 0 heterocycles. The van der Waals surface area contributed by atoms with Gasteiger partial charge in [0.05, 0.1) is 11.1 Å². The maximum atomic E-state index is 11.2. The molecule has 5 rings (SSSR count). The predicted octanol–water partition coefficient (Wildman–Crippen LogP) is 3.86. The number of hydrogen-bond acceptors (Lipinski definition) is 2. The lowest BCUT2D eigenvalue weighted by molar-refractivity contribution is -0.166. The van der Waals surface area contributed by atoms with Gasteiger partial charge in [0, 0.05) is 4.91 Å². The topological polar surface area (TPSA) is 69.0 Å². The van der Waals surface area contributed by atoms with E-state index in [-0.39, 0.29) is 11.5 Å². The fraction of sp³-hybridized carbons (Fsp3) is 0.588. The fourth-order valence-electron chi connectivity index (χ4n) is 5.39. The van der Waals surface area contributed by atoms with Crippen molar-refractivity contribution in [2.45, 2.75) is 43.2 Å². The molecule has 4 heteroatoms. The largest absolute Gasteiger partial charge is 0.390 e. The fourth-order valence-corrected chi connectivity index (χ4v) is 5.39. The van der Waals surface area contributed by atoms with Crippen LogP contribution in [0.3, 0.4) is 0 Å². The van der Waals surface area contributed by atoms with Gasteiger partial charge in [0.15, 0.2) is 0 Å². The summed E-state index contributed by atoms with van der Waals surface area (Å²) in [6.45, 7) is 0. The average molecular weight is 282 g/mol. The number of aliphatic hydroxyl groups is 1. The zero-order valence-corrected chi connectivity index (χ0v) is 12.0. The Morgan fingerprint density at radius 1 is 1.24 bits per heavy atom. The van der Waals surface area contributed by atoms with Crippen LogP contribution < -0.4 is 0 Å². The van der Waals surface area contributed by atoms with E-state index in [9.17, 15) is 5.11 Å². The second-order valence-electron chi connectivity index (χ2n) is 7.27. The highest BCUT2D eigenvalue weighted by atomic mass is 16.3. The molecule has 0 unspecified atom stereocenters. The van der Waals surface area contributed by atoms with Crippen LogP contribution in [0.1, 0.15) is 37.7 Å². The monoisotopic (exact) mass is 282 g/mol. The van der Waals surface area contributed by atoms with Gasteiger partial charge in [-0.15, -0.1) is 0 Å². The Kier molecular flexibility index (Phi) is 2.82. The molecule has 1 N–H and O–H groups in total. The molecule has 4 nitrogen and oxygen atoms in total. The summed E-state index contributed by atoms with van der Waals surface area (Å²) in [7, 11) is 0. The van der Waals surface area contributed by atoms with E-state index >= 15 is 0 Å². The van der Waals surface area contributed by atoms with Crippen LogP contribution in [0.25, 0.3) is 10.4 Å². The van der Waals surface area contributed by atoms with Crippen molar-refractivity contribution in [3.05, 3.63) is 52.8 Å². The minimum atomic E-state index is -0.686. The Labute approximate surface area is 124 Å². The summed E-state index contributed by atoms with van der Waals surface area (Å²) in [5.41, 5.74) is 9.05. The summed E-state index contributed by atoms with van der Waals surface area (Å²) in [6.07, 6.45) is 6.80. The predicted molar refractivity (Wildman–Crippen MR) is 80.2 cm³/mol. The lowest BCUT2D eigenvalue weighted by Gasteiger charge is -2.62. The molecule has 21 heavy (non-hydrogen) atoms. The minimum absolute atomic E-state index is 0.193. The lowest BCUT2D eigenvalue weighted by atomic mass is 9.46. The first-order chi connectivity index (χ1) is 10.1.